The van der Waals surface area contributed by atoms with Gasteiger partial charge in [-0.1, -0.05) is 25.3 Å². The molecule has 2 fully saturated rings. The zero-order valence-corrected chi connectivity index (χ0v) is 15.0. The monoisotopic (exact) mass is 354 g/mol. The number of benzene rings is 1. The predicted octanol–water partition coefficient (Wildman–Crippen LogP) is 3.76. The maximum atomic E-state index is 12.6. The minimum Gasteiger partial charge on any atom is -0.492 e. The molecule has 0 spiro atoms. The summed E-state index contributed by atoms with van der Waals surface area (Å²) in [6.07, 6.45) is 9.95. The van der Waals surface area contributed by atoms with Gasteiger partial charge >= 0.3 is 6.03 Å². The number of nitrogens with one attached hydrogen (secondary N) is 1. The van der Waals surface area contributed by atoms with E-state index in [0.29, 0.717) is 25.1 Å². The maximum absolute atomic E-state index is 12.6. The molecule has 0 radical (unpaired) electrons. The molecule has 26 heavy (non-hydrogen) atoms. The van der Waals surface area contributed by atoms with Crippen molar-refractivity contribution in [1.29, 1.82) is 0 Å². The highest BCUT2D eigenvalue weighted by molar-refractivity contribution is 5.90. The minimum absolute atomic E-state index is 0.0156. The topological polar surface area (TPSA) is 59.4 Å². The third kappa shape index (κ3) is 3.84. The predicted molar refractivity (Wildman–Crippen MR) is 100 cm³/mol. The number of urea groups is 1. The summed E-state index contributed by atoms with van der Waals surface area (Å²) in [5, 5.41) is 7.18. The number of hydrogen-bond donors (Lipinski definition) is 1. The fourth-order valence-corrected chi connectivity index (χ4v) is 4.02. The highest BCUT2D eigenvalue weighted by atomic mass is 16.5. The third-order valence-corrected chi connectivity index (χ3v) is 5.44. The van der Waals surface area contributed by atoms with Crippen LogP contribution in [0.5, 0.6) is 5.75 Å². The van der Waals surface area contributed by atoms with E-state index in [9.17, 15) is 4.79 Å². The fourth-order valence-electron chi connectivity index (χ4n) is 4.02. The molecular weight excluding hydrogens is 328 g/mol. The zero-order valence-electron chi connectivity index (χ0n) is 15.0. The molecule has 6 heteroatoms. The first kappa shape index (κ1) is 16.9. The molecule has 2 aromatic rings. The first-order valence-corrected chi connectivity index (χ1v) is 9.57. The number of amides is 2. The molecule has 2 amide bonds. The van der Waals surface area contributed by atoms with Gasteiger partial charge in [0.25, 0.3) is 0 Å². The Balaban J connectivity index is 1.29. The Morgan fingerprint density at radius 3 is 3.04 bits per heavy atom. The van der Waals surface area contributed by atoms with Gasteiger partial charge in [0.1, 0.15) is 12.4 Å². The summed E-state index contributed by atoms with van der Waals surface area (Å²) in [5.74, 6) is 1.46. The van der Waals surface area contributed by atoms with Crippen LogP contribution in [-0.2, 0) is 6.54 Å². The number of anilines is 1. The van der Waals surface area contributed by atoms with E-state index < -0.39 is 0 Å². The summed E-state index contributed by atoms with van der Waals surface area (Å²) in [6, 6.07) is 9.94. The minimum atomic E-state index is 0.0156. The van der Waals surface area contributed by atoms with E-state index in [4.69, 9.17) is 4.74 Å². The van der Waals surface area contributed by atoms with Gasteiger partial charge < -0.3 is 15.0 Å². The maximum Gasteiger partial charge on any atom is 0.322 e. The van der Waals surface area contributed by atoms with Crippen molar-refractivity contribution in [3.63, 3.8) is 0 Å². The van der Waals surface area contributed by atoms with Crippen molar-refractivity contribution in [3.05, 3.63) is 42.7 Å². The standard InChI is InChI=1S/C20H26N4O2/c25-20(24-15-16-6-2-1-3-9-19(16)24)22-17-7-4-8-18(14-17)26-13-12-23-11-5-10-21-23/h4-5,7-8,10-11,14,16,19H,1-3,6,9,12-13,15H2,(H,22,25). The smallest absolute Gasteiger partial charge is 0.322 e. The van der Waals surface area contributed by atoms with Crippen LogP contribution in [0, 0.1) is 5.92 Å². The summed E-state index contributed by atoms with van der Waals surface area (Å²) in [5.41, 5.74) is 0.781. The second-order valence-electron chi connectivity index (χ2n) is 7.19. The first-order chi connectivity index (χ1) is 12.8. The van der Waals surface area contributed by atoms with Gasteiger partial charge in [0.15, 0.2) is 0 Å². The lowest BCUT2D eigenvalue weighted by molar-refractivity contribution is 0.0519. The van der Waals surface area contributed by atoms with E-state index >= 15 is 0 Å². The molecule has 1 N–H and O–H groups in total. The van der Waals surface area contributed by atoms with Crippen LogP contribution in [0.25, 0.3) is 0 Å². The number of fused-ring (bicyclic) bond motifs is 1. The SMILES string of the molecule is O=C(Nc1cccc(OCCn2cccn2)c1)N1CC2CCCCCC21. The molecule has 2 atom stereocenters. The van der Waals surface area contributed by atoms with Crippen molar-refractivity contribution in [3.8, 4) is 5.75 Å². The molecule has 1 saturated carbocycles. The van der Waals surface area contributed by atoms with Crippen LogP contribution in [-0.4, -0.2) is 39.9 Å². The Morgan fingerprint density at radius 1 is 1.23 bits per heavy atom. The quantitative estimate of drug-likeness (QED) is 0.889. The molecule has 0 bridgehead atoms. The van der Waals surface area contributed by atoms with Crippen molar-refractivity contribution in [2.24, 2.45) is 5.92 Å². The average molecular weight is 354 g/mol. The summed E-state index contributed by atoms with van der Waals surface area (Å²) in [7, 11) is 0. The Kier molecular flexibility index (Phi) is 5.09. The van der Waals surface area contributed by atoms with Gasteiger partial charge in [0, 0.05) is 36.7 Å². The van der Waals surface area contributed by atoms with E-state index in [1.807, 2.05) is 46.1 Å². The van der Waals surface area contributed by atoms with Crippen LogP contribution in [0.4, 0.5) is 10.5 Å². The Labute approximate surface area is 154 Å². The number of ether oxygens (including phenoxy) is 1. The Bertz CT molecular complexity index is 731. The van der Waals surface area contributed by atoms with Gasteiger partial charge in [-0.3, -0.25) is 4.68 Å². The van der Waals surface area contributed by atoms with Crippen LogP contribution in [0.1, 0.15) is 32.1 Å². The zero-order chi connectivity index (χ0) is 17.8. The highest BCUT2D eigenvalue weighted by Gasteiger charge is 2.41. The second kappa shape index (κ2) is 7.81. The number of hydrogen-bond acceptors (Lipinski definition) is 3. The molecule has 1 aliphatic heterocycles. The lowest BCUT2D eigenvalue weighted by Gasteiger charge is -2.47. The molecule has 1 aliphatic carbocycles. The van der Waals surface area contributed by atoms with Crippen LogP contribution in [0.2, 0.25) is 0 Å². The van der Waals surface area contributed by atoms with Crippen LogP contribution >= 0.6 is 0 Å². The summed E-state index contributed by atoms with van der Waals surface area (Å²) < 4.78 is 7.61. The molecule has 1 aromatic heterocycles. The first-order valence-electron chi connectivity index (χ1n) is 9.57. The number of rotatable bonds is 5. The van der Waals surface area contributed by atoms with E-state index in [-0.39, 0.29) is 6.03 Å². The highest BCUT2D eigenvalue weighted by Crippen LogP contribution is 2.36. The Hall–Kier alpha value is -2.50. The molecule has 6 nitrogen and oxygen atoms in total. The average Bonchev–Trinajstić information content (AvgIpc) is 3.06. The molecule has 138 valence electrons. The number of nitrogens with zero attached hydrogens (tertiary/aromatic N) is 3. The van der Waals surface area contributed by atoms with Gasteiger partial charge in [0.05, 0.1) is 6.54 Å². The third-order valence-electron chi connectivity index (χ3n) is 5.44. The Morgan fingerprint density at radius 2 is 2.15 bits per heavy atom. The molecule has 1 saturated heterocycles. The molecular formula is C20H26N4O2. The fraction of sp³-hybridized carbons (Fsp3) is 0.500. The number of carbonyl (C=O) groups excluding carboxylic acids is 1. The molecule has 2 aliphatic rings. The van der Waals surface area contributed by atoms with E-state index in [1.54, 1.807) is 6.20 Å². The normalized spacial score (nSPS) is 22.1. The second-order valence-corrected chi connectivity index (χ2v) is 7.19. The number of aromatic nitrogens is 2. The van der Waals surface area contributed by atoms with Gasteiger partial charge in [-0.25, -0.2) is 4.79 Å². The van der Waals surface area contributed by atoms with Crippen molar-refractivity contribution in [2.75, 3.05) is 18.5 Å². The van der Waals surface area contributed by atoms with Gasteiger partial charge in [-0.2, -0.15) is 5.10 Å². The molecule has 4 rings (SSSR count). The van der Waals surface area contributed by atoms with Crippen LogP contribution in [0.15, 0.2) is 42.7 Å². The lowest BCUT2D eigenvalue weighted by Crippen LogP contribution is -2.59. The number of carbonyl (C=O) groups is 1. The number of likely N-dealkylation sites (tertiary alicyclic amines) is 1. The van der Waals surface area contributed by atoms with E-state index in [1.165, 1.54) is 25.7 Å². The summed E-state index contributed by atoms with van der Waals surface area (Å²) >= 11 is 0. The van der Waals surface area contributed by atoms with Crippen molar-refractivity contribution < 1.29 is 9.53 Å². The lowest BCUT2D eigenvalue weighted by atomic mass is 9.85. The van der Waals surface area contributed by atoms with Gasteiger partial charge in [-0.05, 0) is 37.0 Å². The van der Waals surface area contributed by atoms with Crippen molar-refractivity contribution in [1.82, 2.24) is 14.7 Å². The van der Waals surface area contributed by atoms with E-state index in [2.05, 4.69) is 10.4 Å². The summed E-state index contributed by atoms with van der Waals surface area (Å²) in [6.45, 7) is 2.13. The van der Waals surface area contributed by atoms with Gasteiger partial charge in [0.2, 0.25) is 0 Å². The molecule has 2 heterocycles. The van der Waals surface area contributed by atoms with Gasteiger partial charge in [-0.15, -0.1) is 0 Å². The van der Waals surface area contributed by atoms with Crippen LogP contribution < -0.4 is 10.1 Å². The molecule has 1 aromatic carbocycles. The van der Waals surface area contributed by atoms with Crippen LogP contribution in [0.3, 0.4) is 0 Å². The van der Waals surface area contributed by atoms with Crippen molar-refractivity contribution in [2.45, 2.75) is 44.7 Å². The summed E-state index contributed by atoms with van der Waals surface area (Å²) in [4.78, 5) is 14.6. The molecule has 2 unspecified atom stereocenters. The van der Waals surface area contributed by atoms with E-state index in [0.717, 1.165) is 24.4 Å². The van der Waals surface area contributed by atoms with Crippen molar-refractivity contribution >= 4 is 11.7 Å². The largest absolute Gasteiger partial charge is 0.492 e.